The molecule has 2 N–H and O–H groups in total. The third-order valence-corrected chi connectivity index (χ3v) is 12.4. The lowest BCUT2D eigenvalue weighted by atomic mass is 9.95. The number of carbonyl (C=O) groups is 3. The van der Waals surface area contributed by atoms with Gasteiger partial charge in [0, 0.05) is 47.9 Å². The minimum absolute atomic E-state index is 0.0338. The summed E-state index contributed by atoms with van der Waals surface area (Å²) in [6.07, 6.45) is 4.44. The molecular formula is C42H50F3N5O6S2. The van der Waals surface area contributed by atoms with Crippen LogP contribution in [0.3, 0.4) is 0 Å². The van der Waals surface area contributed by atoms with Crippen LogP contribution in [0.5, 0.6) is 5.75 Å². The zero-order valence-electron chi connectivity index (χ0n) is 33.1. The number of halogens is 3. The first-order chi connectivity index (χ1) is 27.4. The molecule has 0 unspecified atom stereocenters. The quantitative estimate of drug-likeness (QED) is 0.103. The lowest BCUT2D eigenvalue weighted by Gasteiger charge is -2.24. The normalized spacial score (nSPS) is 15.2. The van der Waals surface area contributed by atoms with Crippen molar-refractivity contribution in [2.75, 3.05) is 25.4 Å². The Bertz CT molecular complexity index is 2120. The molecule has 3 amide bonds. The molecule has 11 nitrogen and oxygen atoms in total. The zero-order valence-corrected chi connectivity index (χ0v) is 34.7. The summed E-state index contributed by atoms with van der Waals surface area (Å²) in [5.41, 5.74) is 3.02. The molecule has 0 aliphatic carbocycles. The molecule has 1 aliphatic heterocycles. The summed E-state index contributed by atoms with van der Waals surface area (Å²) in [6, 6.07) is 17.5. The van der Waals surface area contributed by atoms with E-state index in [1.54, 1.807) is 30.6 Å². The maximum absolute atomic E-state index is 14.0. The Kier molecular flexibility index (Phi) is 14.7. The molecule has 2 aromatic heterocycles. The summed E-state index contributed by atoms with van der Waals surface area (Å²) in [5.74, 6) is -4.04. The highest BCUT2D eigenvalue weighted by Crippen LogP contribution is 2.30. The number of likely N-dealkylation sites (tertiary alicyclic amines) is 1. The van der Waals surface area contributed by atoms with E-state index in [-0.39, 0.29) is 31.3 Å². The van der Waals surface area contributed by atoms with Crippen molar-refractivity contribution in [1.82, 2.24) is 24.9 Å². The van der Waals surface area contributed by atoms with Gasteiger partial charge >= 0.3 is 6.18 Å². The molecule has 5 rings (SSSR count). The molecular weight excluding hydrogens is 792 g/mol. The van der Waals surface area contributed by atoms with Gasteiger partial charge in [-0.2, -0.15) is 13.2 Å². The summed E-state index contributed by atoms with van der Waals surface area (Å²) >= 11 is 1.31. The maximum atomic E-state index is 14.0. The van der Waals surface area contributed by atoms with Gasteiger partial charge in [-0.3, -0.25) is 19.1 Å². The minimum atomic E-state index is -5.03. The van der Waals surface area contributed by atoms with E-state index >= 15 is 0 Å². The monoisotopic (exact) mass is 841 g/mol. The Hall–Kier alpha value is -4.83. The number of alkyl halides is 3. The van der Waals surface area contributed by atoms with E-state index in [0.717, 1.165) is 40.2 Å². The number of nitrogens with zero attached hydrogens (tertiary/aromatic N) is 3. The highest BCUT2D eigenvalue weighted by Gasteiger charge is 2.39. The van der Waals surface area contributed by atoms with Crippen LogP contribution in [0.1, 0.15) is 86.3 Å². The highest BCUT2D eigenvalue weighted by atomic mass is 32.2. The van der Waals surface area contributed by atoms with Crippen LogP contribution in [0.2, 0.25) is 0 Å². The first-order valence-corrected chi connectivity index (χ1v) is 21.8. The fourth-order valence-electron chi connectivity index (χ4n) is 6.47. The van der Waals surface area contributed by atoms with Crippen molar-refractivity contribution < 1.29 is 40.7 Å². The van der Waals surface area contributed by atoms with Crippen LogP contribution >= 0.6 is 11.3 Å². The number of hydrogen-bond acceptors (Lipinski definition) is 9. The molecule has 0 spiro atoms. The van der Waals surface area contributed by atoms with Crippen LogP contribution in [-0.4, -0.2) is 78.7 Å². The molecule has 1 aliphatic rings. The van der Waals surface area contributed by atoms with Crippen LogP contribution < -0.4 is 14.8 Å². The molecule has 0 radical (unpaired) electrons. The van der Waals surface area contributed by atoms with Crippen LogP contribution in [0.25, 0.3) is 22.5 Å². The number of rotatable bonds is 17. The van der Waals surface area contributed by atoms with Gasteiger partial charge in [0.15, 0.2) is 11.6 Å². The third-order valence-electron chi connectivity index (χ3n) is 9.66. The number of sulfonamides is 1. The number of hydrogen-bond donors (Lipinski definition) is 2. The number of aromatic nitrogens is 2. The lowest BCUT2D eigenvalue weighted by molar-refractivity contribution is -0.132. The van der Waals surface area contributed by atoms with Gasteiger partial charge in [0.1, 0.15) is 11.8 Å². The van der Waals surface area contributed by atoms with Crippen molar-refractivity contribution in [2.45, 2.75) is 90.3 Å². The van der Waals surface area contributed by atoms with Crippen molar-refractivity contribution >= 4 is 39.1 Å². The second kappa shape index (κ2) is 19.3. The van der Waals surface area contributed by atoms with Crippen molar-refractivity contribution in [3.8, 4) is 28.3 Å². The number of thiophene rings is 1. The summed E-state index contributed by atoms with van der Waals surface area (Å²) in [7, 11) is -4.97. The van der Waals surface area contributed by atoms with Gasteiger partial charge in [-0.1, -0.05) is 89.8 Å². The van der Waals surface area contributed by atoms with Gasteiger partial charge < -0.3 is 15.0 Å². The summed E-state index contributed by atoms with van der Waals surface area (Å²) in [5, 5.41) is 2.85. The molecule has 1 fully saturated rings. The first kappa shape index (κ1) is 44.3. The summed E-state index contributed by atoms with van der Waals surface area (Å²) in [4.78, 5) is 52.0. The molecule has 312 valence electrons. The maximum Gasteiger partial charge on any atom is 0.404 e. The average molecular weight is 842 g/mol. The van der Waals surface area contributed by atoms with Crippen LogP contribution in [-0.2, 0) is 31.4 Å². The van der Waals surface area contributed by atoms with Gasteiger partial charge in [-0.25, -0.2) is 18.4 Å². The van der Waals surface area contributed by atoms with Crippen molar-refractivity contribution in [2.24, 2.45) is 5.92 Å². The lowest BCUT2D eigenvalue weighted by Crippen LogP contribution is -2.49. The Morgan fingerprint density at radius 1 is 0.897 bits per heavy atom. The summed E-state index contributed by atoms with van der Waals surface area (Å²) < 4.78 is 69.4. The fraction of sp³-hybridized carbons (Fsp3) is 0.452. The number of amides is 3. The minimum Gasteiger partial charge on any atom is -0.494 e. The van der Waals surface area contributed by atoms with E-state index < -0.39 is 51.6 Å². The fourth-order valence-corrected chi connectivity index (χ4v) is 8.41. The van der Waals surface area contributed by atoms with E-state index in [9.17, 15) is 36.0 Å². The Morgan fingerprint density at radius 3 is 2.17 bits per heavy atom. The molecule has 0 saturated carbocycles. The van der Waals surface area contributed by atoms with Crippen molar-refractivity contribution in [1.29, 1.82) is 0 Å². The molecule has 2 atom stereocenters. The number of nitrogens with one attached hydrogen (secondary N) is 2. The Morgan fingerprint density at radius 2 is 1.55 bits per heavy atom. The highest BCUT2D eigenvalue weighted by molar-refractivity contribution is 7.90. The molecule has 16 heteroatoms. The molecule has 2 aromatic carbocycles. The first-order valence-electron chi connectivity index (χ1n) is 19.4. The van der Waals surface area contributed by atoms with Crippen LogP contribution in [0.4, 0.5) is 13.2 Å². The van der Waals surface area contributed by atoms with Gasteiger partial charge in [-0.15, -0.1) is 11.3 Å². The molecule has 4 aromatic rings. The second-order valence-electron chi connectivity index (χ2n) is 15.5. The largest absolute Gasteiger partial charge is 0.494 e. The topological polar surface area (TPSA) is 148 Å². The molecule has 3 heterocycles. The van der Waals surface area contributed by atoms with Crippen LogP contribution in [0, 0.1) is 5.92 Å². The number of unbranched alkanes of at least 4 members (excludes halogenated alkanes) is 4. The zero-order chi connectivity index (χ0) is 42.1. The van der Waals surface area contributed by atoms with E-state index in [0.29, 0.717) is 22.9 Å². The van der Waals surface area contributed by atoms with Crippen LogP contribution in [0.15, 0.2) is 73.1 Å². The van der Waals surface area contributed by atoms with E-state index in [1.165, 1.54) is 40.2 Å². The van der Waals surface area contributed by atoms with Gasteiger partial charge in [0.2, 0.25) is 21.8 Å². The standard InChI is InChI=1S/C42H50F3N5O6S2/c1-5-6-7-8-9-22-56-33-16-14-29(15-17-33)32-24-46-37(47-25-32)30-12-10-28(11-13-30)23-34(48-39(52)35-18-19-36(57-35)41(2,3)4)40(53)50-21-20-31(26-50)38(51)49-58(54,55)27-42(43,44)45/h10-19,24-25,31,34H,5-9,20-23,26-27H2,1-4H3,(H,48,52)(H,49,51)/t31-,34-/m0/s1. The molecule has 58 heavy (non-hydrogen) atoms. The van der Waals surface area contributed by atoms with Gasteiger partial charge in [0.25, 0.3) is 5.91 Å². The predicted octanol–water partition coefficient (Wildman–Crippen LogP) is 7.72. The second-order valence-corrected chi connectivity index (χ2v) is 18.3. The van der Waals surface area contributed by atoms with E-state index in [4.69, 9.17) is 4.74 Å². The smallest absolute Gasteiger partial charge is 0.404 e. The van der Waals surface area contributed by atoms with E-state index in [2.05, 4.69) is 22.2 Å². The average Bonchev–Trinajstić information content (AvgIpc) is 3.87. The third kappa shape index (κ3) is 12.8. The Balaban J connectivity index is 1.25. The number of benzene rings is 2. The SMILES string of the molecule is CCCCCCCOc1ccc(-c2cnc(-c3ccc(C[C@H](NC(=O)c4ccc(C(C)(C)C)s4)C(=O)N4CC[C@H](C(=O)NS(=O)(=O)CC(F)(F)F)C4)cc3)nc2)cc1. The van der Waals surface area contributed by atoms with E-state index in [1.807, 2.05) is 63.2 Å². The van der Waals surface area contributed by atoms with Crippen molar-refractivity contribution in [3.63, 3.8) is 0 Å². The summed E-state index contributed by atoms with van der Waals surface area (Å²) in [6.45, 7) is 8.77. The molecule has 0 bridgehead atoms. The number of carbonyl (C=O) groups excluding carboxylic acids is 3. The van der Waals surface area contributed by atoms with Crippen molar-refractivity contribution in [3.05, 3.63) is 88.4 Å². The Labute approximate surface area is 341 Å². The number of ether oxygens (including phenoxy) is 1. The predicted molar refractivity (Wildman–Crippen MR) is 218 cm³/mol. The van der Waals surface area contributed by atoms with Gasteiger partial charge in [-0.05, 0) is 53.6 Å². The van der Waals surface area contributed by atoms with Gasteiger partial charge in [0.05, 0.1) is 17.4 Å². The molecule has 1 saturated heterocycles.